The van der Waals surface area contributed by atoms with E-state index in [0.717, 1.165) is 28.8 Å². The lowest BCUT2D eigenvalue weighted by Crippen LogP contribution is -2.47. The molecule has 2 amide bonds. The molecule has 1 aliphatic heterocycles. The first-order chi connectivity index (χ1) is 11.5. The molecule has 0 saturated carbocycles. The SMILES string of the molecule is CC[C@@H](C(=O)NCc1nc2cccc(C)c2n1C)N1CCCC1=O. The van der Waals surface area contributed by atoms with E-state index in [0.29, 0.717) is 25.9 Å². The van der Waals surface area contributed by atoms with Crippen LogP contribution in [0.25, 0.3) is 11.0 Å². The van der Waals surface area contributed by atoms with Crippen molar-refractivity contribution in [3.8, 4) is 0 Å². The number of fused-ring (bicyclic) bond motifs is 1. The van der Waals surface area contributed by atoms with E-state index in [1.807, 2.05) is 30.7 Å². The van der Waals surface area contributed by atoms with Crippen molar-refractivity contribution in [2.75, 3.05) is 6.54 Å². The van der Waals surface area contributed by atoms with E-state index < -0.39 is 0 Å². The molecule has 24 heavy (non-hydrogen) atoms. The van der Waals surface area contributed by atoms with Gasteiger partial charge in [-0.1, -0.05) is 19.1 Å². The number of aryl methyl sites for hydroxylation is 2. The molecule has 0 bridgehead atoms. The van der Waals surface area contributed by atoms with E-state index in [4.69, 9.17) is 0 Å². The van der Waals surface area contributed by atoms with Crippen molar-refractivity contribution in [1.29, 1.82) is 0 Å². The predicted molar refractivity (Wildman–Crippen MR) is 92.3 cm³/mol. The zero-order chi connectivity index (χ0) is 17.3. The second kappa shape index (κ2) is 6.63. The van der Waals surface area contributed by atoms with Gasteiger partial charge in [-0.05, 0) is 31.4 Å². The number of carbonyl (C=O) groups is 2. The molecule has 1 aromatic carbocycles. The topological polar surface area (TPSA) is 67.2 Å². The summed E-state index contributed by atoms with van der Waals surface area (Å²) in [6.45, 7) is 5.03. The van der Waals surface area contributed by atoms with Crippen LogP contribution in [0.2, 0.25) is 0 Å². The third-order valence-electron chi connectivity index (χ3n) is 4.78. The van der Waals surface area contributed by atoms with Gasteiger partial charge in [-0.25, -0.2) is 4.98 Å². The Balaban J connectivity index is 1.73. The van der Waals surface area contributed by atoms with Gasteiger partial charge in [-0.2, -0.15) is 0 Å². The number of amides is 2. The van der Waals surface area contributed by atoms with Gasteiger partial charge in [0.15, 0.2) is 0 Å². The van der Waals surface area contributed by atoms with Gasteiger partial charge in [0.2, 0.25) is 11.8 Å². The summed E-state index contributed by atoms with van der Waals surface area (Å²) in [5.41, 5.74) is 3.18. The molecule has 3 rings (SSSR count). The molecule has 0 aliphatic carbocycles. The maximum atomic E-state index is 12.5. The zero-order valence-corrected chi connectivity index (χ0v) is 14.5. The summed E-state index contributed by atoms with van der Waals surface area (Å²) in [6.07, 6.45) is 2.01. The van der Waals surface area contributed by atoms with Gasteiger partial charge < -0.3 is 14.8 Å². The second-order valence-electron chi connectivity index (χ2n) is 6.36. The Bertz CT molecular complexity index is 781. The Hall–Kier alpha value is -2.37. The molecule has 0 radical (unpaired) electrons. The number of aromatic nitrogens is 2. The minimum atomic E-state index is -0.378. The molecule has 1 aromatic heterocycles. The van der Waals surface area contributed by atoms with Gasteiger partial charge in [0.1, 0.15) is 11.9 Å². The molecule has 1 aliphatic rings. The number of para-hydroxylation sites is 1. The largest absolute Gasteiger partial charge is 0.347 e. The molecule has 2 heterocycles. The molecule has 1 fully saturated rings. The van der Waals surface area contributed by atoms with E-state index in [-0.39, 0.29) is 17.9 Å². The Morgan fingerprint density at radius 3 is 2.83 bits per heavy atom. The highest BCUT2D eigenvalue weighted by molar-refractivity contribution is 5.88. The maximum absolute atomic E-state index is 12.5. The molecule has 1 saturated heterocycles. The first-order valence-corrected chi connectivity index (χ1v) is 8.51. The highest BCUT2D eigenvalue weighted by Crippen LogP contribution is 2.19. The van der Waals surface area contributed by atoms with Crippen LogP contribution in [0.3, 0.4) is 0 Å². The molecule has 6 nitrogen and oxygen atoms in total. The van der Waals surface area contributed by atoms with Crippen molar-refractivity contribution in [1.82, 2.24) is 19.8 Å². The quantitative estimate of drug-likeness (QED) is 0.911. The summed E-state index contributed by atoms with van der Waals surface area (Å²) in [4.78, 5) is 30.7. The summed E-state index contributed by atoms with van der Waals surface area (Å²) >= 11 is 0. The van der Waals surface area contributed by atoms with Gasteiger partial charge >= 0.3 is 0 Å². The van der Waals surface area contributed by atoms with E-state index in [2.05, 4.69) is 23.3 Å². The number of hydrogen-bond donors (Lipinski definition) is 1. The van der Waals surface area contributed by atoms with Gasteiger partial charge in [-0.3, -0.25) is 9.59 Å². The smallest absolute Gasteiger partial charge is 0.243 e. The fraction of sp³-hybridized carbons (Fsp3) is 0.500. The average Bonchev–Trinajstić information content (AvgIpc) is 3.11. The highest BCUT2D eigenvalue weighted by Gasteiger charge is 2.31. The molecule has 6 heteroatoms. The van der Waals surface area contributed by atoms with Gasteiger partial charge in [0.25, 0.3) is 0 Å². The molecule has 0 unspecified atom stereocenters. The fourth-order valence-corrected chi connectivity index (χ4v) is 3.50. The van der Waals surface area contributed by atoms with Crippen molar-refractivity contribution in [2.45, 2.75) is 45.7 Å². The number of benzene rings is 1. The predicted octanol–water partition coefficient (Wildman–Crippen LogP) is 1.90. The third-order valence-corrected chi connectivity index (χ3v) is 4.78. The van der Waals surface area contributed by atoms with Crippen LogP contribution < -0.4 is 5.32 Å². The van der Waals surface area contributed by atoms with Crippen LogP contribution in [-0.4, -0.2) is 38.9 Å². The van der Waals surface area contributed by atoms with E-state index in [1.54, 1.807) is 4.90 Å². The second-order valence-corrected chi connectivity index (χ2v) is 6.36. The number of imidazole rings is 1. The standard InChI is InChI=1S/C18H24N4O2/c1-4-14(22-10-6-9-16(22)23)18(24)19-11-15-20-13-8-5-7-12(2)17(13)21(15)3/h5,7-8,14H,4,6,9-11H2,1-3H3,(H,19,24)/t14-/m0/s1. The van der Waals surface area contributed by atoms with Crippen LogP contribution in [0.4, 0.5) is 0 Å². The van der Waals surface area contributed by atoms with Crippen molar-refractivity contribution in [3.05, 3.63) is 29.6 Å². The average molecular weight is 328 g/mol. The van der Waals surface area contributed by atoms with E-state index in [1.165, 1.54) is 0 Å². The summed E-state index contributed by atoms with van der Waals surface area (Å²) in [5.74, 6) is 0.794. The molecule has 1 N–H and O–H groups in total. The Labute approximate surface area is 141 Å². The number of rotatable bonds is 5. The van der Waals surface area contributed by atoms with Crippen LogP contribution in [0.5, 0.6) is 0 Å². The highest BCUT2D eigenvalue weighted by atomic mass is 16.2. The molecule has 128 valence electrons. The van der Waals surface area contributed by atoms with Gasteiger partial charge in [-0.15, -0.1) is 0 Å². The zero-order valence-electron chi connectivity index (χ0n) is 14.5. The third kappa shape index (κ3) is 2.88. The van der Waals surface area contributed by atoms with E-state index >= 15 is 0 Å². The normalized spacial score (nSPS) is 16.0. The van der Waals surface area contributed by atoms with Crippen molar-refractivity contribution < 1.29 is 9.59 Å². The number of likely N-dealkylation sites (tertiary alicyclic amines) is 1. The van der Waals surface area contributed by atoms with Gasteiger partial charge in [0.05, 0.1) is 17.6 Å². The van der Waals surface area contributed by atoms with Gasteiger partial charge in [0, 0.05) is 20.0 Å². The monoisotopic (exact) mass is 328 g/mol. The summed E-state index contributed by atoms with van der Waals surface area (Å²) in [6, 6.07) is 5.64. The summed E-state index contributed by atoms with van der Waals surface area (Å²) in [5, 5.41) is 2.95. The minimum Gasteiger partial charge on any atom is -0.347 e. The maximum Gasteiger partial charge on any atom is 0.243 e. The molecule has 1 atom stereocenters. The Kier molecular flexibility index (Phi) is 4.55. The van der Waals surface area contributed by atoms with Crippen molar-refractivity contribution in [2.24, 2.45) is 7.05 Å². The first kappa shape index (κ1) is 16.5. The molecule has 2 aromatic rings. The van der Waals surface area contributed by atoms with E-state index in [9.17, 15) is 9.59 Å². The van der Waals surface area contributed by atoms with Crippen molar-refractivity contribution in [3.63, 3.8) is 0 Å². The Morgan fingerprint density at radius 1 is 1.42 bits per heavy atom. The van der Waals surface area contributed by atoms with Crippen LogP contribution in [0.15, 0.2) is 18.2 Å². The number of carbonyl (C=O) groups excluding carboxylic acids is 2. The number of hydrogen-bond acceptors (Lipinski definition) is 3. The van der Waals surface area contributed by atoms with Crippen LogP contribution in [0.1, 0.15) is 37.6 Å². The molecule has 0 spiro atoms. The summed E-state index contributed by atoms with van der Waals surface area (Å²) in [7, 11) is 1.96. The van der Waals surface area contributed by atoms with Crippen LogP contribution in [0, 0.1) is 6.92 Å². The fourth-order valence-electron chi connectivity index (χ4n) is 3.50. The van der Waals surface area contributed by atoms with Crippen LogP contribution >= 0.6 is 0 Å². The Morgan fingerprint density at radius 2 is 2.21 bits per heavy atom. The summed E-state index contributed by atoms with van der Waals surface area (Å²) < 4.78 is 2.02. The first-order valence-electron chi connectivity index (χ1n) is 8.51. The van der Waals surface area contributed by atoms with Crippen LogP contribution in [-0.2, 0) is 23.2 Å². The minimum absolute atomic E-state index is 0.0790. The molecular formula is C18H24N4O2. The molecular weight excluding hydrogens is 304 g/mol. The lowest BCUT2D eigenvalue weighted by molar-refractivity contribution is -0.137. The number of nitrogens with zero attached hydrogens (tertiary/aromatic N) is 3. The van der Waals surface area contributed by atoms with Crippen molar-refractivity contribution >= 4 is 22.8 Å². The lowest BCUT2D eigenvalue weighted by Gasteiger charge is -2.25. The lowest BCUT2D eigenvalue weighted by atomic mass is 10.2. The number of nitrogens with one attached hydrogen (secondary N) is 1.